The van der Waals surface area contributed by atoms with E-state index in [1.165, 1.54) is 71.8 Å². The van der Waals surface area contributed by atoms with Crippen molar-refractivity contribution in [2.45, 2.75) is 5.41 Å². The normalized spacial score (nSPS) is 12.6. The van der Waals surface area contributed by atoms with Crippen LogP contribution in [0.3, 0.4) is 0 Å². The van der Waals surface area contributed by atoms with Crippen LogP contribution in [0.5, 0.6) is 0 Å². The second kappa shape index (κ2) is 15.1. The first-order valence-corrected chi connectivity index (χ1v) is 21.6. The molecule has 1 aromatic heterocycles. The van der Waals surface area contributed by atoms with Crippen molar-refractivity contribution < 1.29 is 0 Å². The van der Waals surface area contributed by atoms with Crippen molar-refractivity contribution in [1.82, 2.24) is 9.97 Å². The molecule has 0 bridgehead atoms. The van der Waals surface area contributed by atoms with Gasteiger partial charge < -0.3 is 0 Å². The zero-order valence-corrected chi connectivity index (χ0v) is 34.5. The number of hydrogen-bond acceptors (Lipinski definition) is 2. The molecular formula is C61H40N2. The highest BCUT2D eigenvalue weighted by Gasteiger charge is 2.47. The highest BCUT2D eigenvalue weighted by atomic mass is 14.9. The molecule has 0 N–H and O–H groups in total. The van der Waals surface area contributed by atoms with Gasteiger partial charge in [0.1, 0.15) is 0 Å². The van der Waals surface area contributed by atoms with E-state index in [1.54, 1.807) is 0 Å². The molecule has 63 heavy (non-hydrogen) atoms. The SMILES string of the molecule is c1ccc(-c2cc(-c3ccc(-c4cccc(-c5ccc6c(c5)-c5ccc7ccccc7c5C6(c5ccccc5)c5ccccc5)c4)c4ccccc34)nc(-c3ccccc3)n2)cc1. The molecule has 0 radical (unpaired) electrons. The average molecular weight is 801 g/mol. The van der Waals surface area contributed by atoms with Gasteiger partial charge >= 0.3 is 0 Å². The minimum absolute atomic E-state index is 0.484. The summed E-state index contributed by atoms with van der Waals surface area (Å²) in [5, 5.41) is 4.86. The van der Waals surface area contributed by atoms with Crippen molar-refractivity contribution in [1.29, 1.82) is 0 Å². The fourth-order valence-electron chi connectivity index (χ4n) is 10.1. The molecule has 0 saturated heterocycles. The van der Waals surface area contributed by atoms with Crippen LogP contribution in [-0.4, -0.2) is 9.97 Å². The molecule has 294 valence electrons. The van der Waals surface area contributed by atoms with E-state index >= 15 is 0 Å². The minimum atomic E-state index is -0.484. The number of hydrogen-bond donors (Lipinski definition) is 0. The van der Waals surface area contributed by atoms with Gasteiger partial charge in [-0.05, 0) is 95.4 Å². The van der Waals surface area contributed by atoms with Crippen molar-refractivity contribution in [3.8, 4) is 67.3 Å². The zero-order chi connectivity index (χ0) is 41.7. The van der Waals surface area contributed by atoms with Gasteiger partial charge in [0.25, 0.3) is 0 Å². The summed E-state index contributed by atoms with van der Waals surface area (Å²) in [7, 11) is 0. The van der Waals surface area contributed by atoms with Crippen LogP contribution in [0.15, 0.2) is 243 Å². The molecule has 2 heteroatoms. The lowest BCUT2D eigenvalue weighted by atomic mass is 9.66. The Balaban J connectivity index is 1.00. The summed E-state index contributed by atoms with van der Waals surface area (Å²) in [5.74, 6) is 0.711. The Hall–Kier alpha value is -8.20. The van der Waals surface area contributed by atoms with Gasteiger partial charge in [-0.25, -0.2) is 9.97 Å². The second-order valence-electron chi connectivity index (χ2n) is 16.4. The molecule has 0 saturated carbocycles. The van der Waals surface area contributed by atoms with Gasteiger partial charge in [0.2, 0.25) is 0 Å². The van der Waals surface area contributed by atoms with Gasteiger partial charge in [-0.3, -0.25) is 0 Å². The van der Waals surface area contributed by atoms with Crippen LogP contribution in [0, 0.1) is 0 Å². The van der Waals surface area contributed by atoms with Crippen molar-refractivity contribution in [2.75, 3.05) is 0 Å². The lowest BCUT2D eigenvalue weighted by Crippen LogP contribution is -2.28. The molecule has 1 aliphatic rings. The van der Waals surface area contributed by atoms with E-state index in [0.29, 0.717) is 5.82 Å². The standard InChI is InChI=1S/C61H40N2/c1-5-19-42(20-6-1)57-40-58(63-60(62-57)43-21-7-2-8-22-43)53-36-35-49(51-30-15-16-31-52(51)53)46-24-17-23-44(38-46)45-33-37-56-55(39-45)54-34-32-41-18-13-14-29-50(41)59(54)61(56,47-25-9-3-10-26-47)48-27-11-4-12-28-48/h1-40H. The maximum absolute atomic E-state index is 5.20. The smallest absolute Gasteiger partial charge is 0.160 e. The summed E-state index contributed by atoms with van der Waals surface area (Å²) in [6, 6.07) is 87.8. The Labute approximate surface area is 367 Å². The van der Waals surface area contributed by atoms with Gasteiger partial charge in [-0.1, -0.05) is 224 Å². The quantitative estimate of drug-likeness (QED) is 0.160. The molecule has 11 aromatic rings. The predicted molar refractivity (Wildman–Crippen MR) is 262 cm³/mol. The third-order valence-corrected chi connectivity index (χ3v) is 13.0. The predicted octanol–water partition coefficient (Wildman–Crippen LogP) is 15.5. The number of fused-ring (bicyclic) bond motifs is 6. The molecular weight excluding hydrogens is 761 g/mol. The van der Waals surface area contributed by atoms with Crippen LogP contribution >= 0.6 is 0 Å². The van der Waals surface area contributed by atoms with Crippen LogP contribution in [0.2, 0.25) is 0 Å². The molecule has 0 fully saturated rings. The van der Waals surface area contributed by atoms with Crippen LogP contribution < -0.4 is 0 Å². The van der Waals surface area contributed by atoms with Crippen molar-refractivity contribution in [3.63, 3.8) is 0 Å². The lowest BCUT2D eigenvalue weighted by molar-refractivity contribution is 0.775. The lowest BCUT2D eigenvalue weighted by Gasteiger charge is -2.34. The second-order valence-corrected chi connectivity index (χ2v) is 16.4. The summed E-state index contributed by atoms with van der Waals surface area (Å²) >= 11 is 0. The Morgan fingerprint density at radius 2 is 0.810 bits per heavy atom. The molecule has 0 atom stereocenters. The molecule has 12 rings (SSSR count). The fourth-order valence-corrected chi connectivity index (χ4v) is 10.1. The number of nitrogens with zero attached hydrogens (tertiary/aromatic N) is 2. The molecule has 0 amide bonds. The van der Waals surface area contributed by atoms with Gasteiger partial charge in [0.15, 0.2) is 5.82 Å². The van der Waals surface area contributed by atoms with Gasteiger partial charge in [-0.2, -0.15) is 0 Å². The molecule has 1 heterocycles. The number of aromatic nitrogens is 2. The van der Waals surface area contributed by atoms with Crippen LogP contribution in [0.1, 0.15) is 22.3 Å². The fraction of sp³-hybridized carbons (Fsp3) is 0.0164. The average Bonchev–Trinajstić information content (AvgIpc) is 3.68. The Morgan fingerprint density at radius 3 is 1.52 bits per heavy atom. The van der Waals surface area contributed by atoms with Crippen LogP contribution in [0.25, 0.3) is 88.8 Å². The Bertz CT molecular complexity index is 3390. The highest BCUT2D eigenvalue weighted by Crippen LogP contribution is 2.58. The maximum atomic E-state index is 5.20. The van der Waals surface area contributed by atoms with E-state index < -0.39 is 5.41 Å². The first-order chi connectivity index (χ1) is 31.2. The van der Waals surface area contributed by atoms with Crippen LogP contribution in [-0.2, 0) is 5.41 Å². The monoisotopic (exact) mass is 800 g/mol. The van der Waals surface area contributed by atoms with Gasteiger partial charge in [0, 0.05) is 16.7 Å². The topological polar surface area (TPSA) is 25.8 Å². The van der Waals surface area contributed by atoms with Gasteiger partial charge in [0.05, 0.1) is 16.8 Å². The van der Waals surface area contributed by atoms with E-state index in [4.69, 9.17) is 9.97 Å². The summed E-state index contributed by atoms with van der Waals surface area (Å²) in [6.07, 6.45) is 0. The van der Waals surface area contributed by atoms with Crippen molar-refractivity contribution >= 4 is 21.5 Å². The Kier molecular flexibility index (Phi) is 8.76. The molecule has 0 aliphatic heterocycles. The van der Waals surface area contributed by atoms with Crippen molar-refractivity contribution in [2.24, 2.45) is 0 Å². The van der Waals surface area contributed by atoms with E-state index in [1.807, 2.05) is 24.3 Å². The highest BCUT2D eigenvalue weighted by molar-refractivity contribution is 6.05. The van der Waals surface area contributed by atoms with E-state index in [0.717, 1.165) is 33.5 Å². The minimum Gasteiger partial charge on any atom is -0.228 e. The number of rotatable bonds is 7. The molecule has 0 spiro atoms. The number of benzene rings is 10. The third-order valence-electron chi connectivity index (χ3n) is 13.0. The zero-order valence-electron chi connectivity index (χ0n) is 34.5. The van der Waals surface area contributed by atoms with E-state index in [9.17, 15) is 0 Å². The summed E-state index contributed by atoms with van der Waals surface area (Å²) in [5.41, 5.74) is 16.9. The van der Waals surface area contributed by atoms with Crippen LogP contribution in [0.4, 0.5) is 0 Å². The molecule has 10 aromatic carbocycles. The summed E-state index contributed by atoms with van der Waals surface area (Å²) < 4.78 is 0. The van der Waals surface area contributed by atoms with E-state index in [2.05, 4.69) is 218 Å². The third kappa shape index (κ3) is 6.02. The van der Waals surface area contributed by atoms with E-state index in [-0.39, 0.29) is 0 Å². The largest absolute Gasteiger partial charge is 0.228 e. The van der Waals surface area contributed by atoms with Gasteiger partial charge in [-0.15, -0.1) is 0 Å². The molecule has 0 unspecified atom stereocenters. The molecule has 2 nitrogen and oxygen atoms in total. The summed E-state index contributed by atoms with van der Waals surface area (Å²) in [4.78, 5) is 10.3. The first kappa shape index (κ1) is 36.6. The van der Waals surface area contributed by atoms with Crippen molar-refractivity contribution in [3.05, 3.63) is 265 Å². The molecule has 1 aliphatic carbocycles. The maximum Gasteiger partial charge on any atom is 0.160 e. The Morgan fingerprint density at radius 1 is 0.286 bits per heavy atom. The first-order valence-electron chi connectivity index (χ1n) is 21.6. The summed E-state index contributed by atoms with van der Waals surface area (Å²) in [6.45, 7) is 0.